The van der Waals surface area contributed by atoms with Crippen molar-refractivity contribution in [1.82, 2.24) is 15.3 Å². The summed E-state index contributed by atoms with van der Waals surface area (Å²) in [5.41, 5.74) is 4.23. The molecular formula is C27H30Cl2F3N5O3. The van der Waals surface area contributed by atoms with Crippen LogP contribution in [0.5, 0.6) is 0 Å². The second-order valence-electron chi connectivity index (χ2n) is 9.32. The molecule has 2 aromatic carbocycles. The Balaban J connectivity index is 0.000000559. The third kappa shape index (κ3) is 7.89. The van der Waals surface area contributed by atoms with E-state index in [1.54, 1.807) is 19.1 Å². The van der Waals surface area contributed by atoms with Crippen LogP contribution in [0.3, 0.4) is 0 Å². The van der Waals surface area contributed by atoms with Gasteiger partial charge in [-0.1, -0.05) is 48.3 Å². The Labute approximate surface area is 239 Å². The van der Waals surface area contributed by atoms with Crippen LogP contribution >= 0.6 is 23.2 Å². The Morgan fingerprint density at radius 1 is 1.12 bits per heavy atom. The number of hydrogen-bond donors (Lipinski definition) is 3. The van der Waals surface area contributed by atoms with Crippen molar-refractivity contribution < 1.29 is 23.1 Å². The van der Waals surface area contributed by atoms with E-state index in [0.717, 1.165) is 37.3 Å². The molecule has 1 saturated heterocycles. The number of anilines is 2. The van der Waals surface area contributed by atoms with Gasteiger partial charge in [-0.25, -0.2) is 9.78 Å². The summed E-state index contributed by atoms with van der Waals surface area (Å²) in [6, 6.07) is 14.0. The summed E-state index contributed by atoms with van der Waals surface area (Å²) in [6.07, 6.45) is -5.08. The molecule has 4 rings (SSSR count). The quantitative estimate of drug-likeness (QED) is 0.357. The van der Waals surface area contributed by atoms with Gasteiger partial charge in [-0.3, -0.25) is 9.78 Å². The lowest BCUT2D eigenvalue weighted by Crippen LogP contribution is -2.43. The van der Waals surface area contributed by atoms with E-state index in [1.807, 2.05) is 24.9 Å². The second-order valence-corrected chi connectivity index (χ2v) is 10.1. The van der Waals surface area contributed by atoms with Gasteiger partial charge in [0.15, 0.2) is 0 Å². The molecule has 1 atom stereocenters. The molecule has 0 saturated carbocycles. The third-order valence-electron chi connectivity index (χ3n) is 6.46. The minimum Gasteiger partial charge on any atom is -0.475 e. The molecule has 13 heteroatoms. The minimum absolute atomic E-state index is 0.161. The van der Waals surface area contributed by atoms with Crippen LogP contribution in [-0.4, -0.2) is 60.4 Å². The van der Waals surface area contributed by atoms with E-state index in [4.69, 9.17) is 38.1 Å². The fourth-order valence-corrected chi connectivity index (χ4v) is 5.01. The maximum Gasteiger partial charge on any atom is 0.490 e. The molecule has 1 aliphatic rings. The third-order valence-corrected chi connectivity index (χ3v) is 7.12. The molecule has 1 aromatic heterocycles. The van der Waals surface area contributed by atoms with Gasteiger partial charge in [0.1, 0.15) is 0 Å². The monoisotopic (exact) mass is 599 g/mol. The summed E-state index contributed by atoms with van der Waals surface area (Å²) in [4.78, 5) is 33.7. The number of alkyl halides is 3. The Kier molecular flexibility index (Phi) is 10.5. The number of carbonyl (C=O) groups is 1. The molecule has 0 amide bonds. The topological polar surface area (TPSA) is 102 Å². The molecule has 40 heavy (non-hydrogen) atoms. The number of aromatic amines is 1. The summed E-state index contributed by atoms with van der Waals surface area (Å²) < 4.78 is 31.7. The maximum absolute atomic E-state index is 12.7. The molecule has 3 aromatic rings. The van der Waals surface area contributed by atoms with E-state index in [-0.39, 0.29) is 11.5 Å². The first-order chi connectivity index (χ1) is 18.8. The molecule has 0 aliphatic carbocycles. The van der Waals surface area contributed by atoms with Crippen LogP contribution in [0.4, 0.5) is 24.8 Å². The van der Waals surface area contributed by atoms with Crippen molar-refractivity contribution in [2.75, 3.05) is 43.0 Å². The van der Waals surface area contributed by atoms with Gasteiger partial charge in [-0.15, -0.1) is 0 Å². The molecular weight excluding hydrogens is 570 g/mol. The van der Waals surface area contributed by atoms with Gasteiger partial charge in [0.25, 0.3) is 5.56 Å². The minimum atomic E-state index is -5.08. The summed E-state index contributed by atoms with van der Waals surface area (Å²) in [7, 11) is 1.93. The van der Waals surface area contributed by atoms with Crippen LogP contribution in [0.25, 0.3) is 0 Å². The SMILES string of the molecule is Cc1c(C(C)c2c(Cl)cccc2Cl)nc(N(C)Cc2ccc(N3CCNCC3)cc2)[nH]c1=O.O=C(O)C(F)(F)F. The molecule has 0 bridgehead atoms. The van der Waals surface area contributed by atoms with Gasteiger partial charge in [0.05, 0.1) is 5.69 Å². The number of aromatic nitrogens is 2. The van der Waals surface area contributed by atoms with Crippen LogP contribution < -0.4 is 20.7 Å². The molecule has 0 radical (unpaired) electrons. The zero-order valence-corrected chi connectivity index (χ0v) is 23.7. The van der Waals surface area contributed by atoms with E-state index in [9.17, 15) is 18.0 Å². The average molecular weight is 600 g/mol. The molecule has 1 fully saturated rings. The lowest BCUT2D eigenvalue weighted by Gasteiger charge is -2.29. The predicted molar refractivity (Wildman–Crippen MR) is 151 cm³/mol. The number of H-pyrrole nitrogens is 1. The smallest absolute Gasteiger partial charge is 0.475 e. The number of carboxylic acid groups (broad SMARTS) is 1. The van der Waals surface area contributed by atoms with Crippen LogP contribution in [0.15, 0.2) is 47.3 Å². The predicted octanol–water partition coefficient (Wildman–Crippen LogP) is 5.22. The first kappa shape index (κ1) is 31.3. The van der Waals surface area contributed by atoms with Crippen molar-refractivity contribution in [2.24, 2.45) is 0 Å². The van der Waals surface area contributed by atoms with Crippen molar-refractivity contribution in [3.63, 3.8) is 0 Å². The van der Waals surface area contributed by atoms with Crippen LogP contribution in [0, 0.1) is 6.92 Å². The molecule has 216 valence electrons. The molecule has 2 heterocycles. The van der Waals surface area contributed by atoms with E-state index in [1.165, 1.54) is 5.69 Å². The van der Waals surface area contributed by atoms with Crippen LogP contribution in [0.2, 0.25) is 10.0 Å². The number of hydrogen-bond acceptors (Lipinski definition) is 6. The summed E-state index contributed by atoms with van der Waals surface area (Å²) in [5, 5.41) is 11.6. The first-order valence-corrected chi connectivity index (χ1v) is 13.2. The lowest BCUT2D eigenvalue weighted by atomic mass is 9.95. The van der Waals surface area contributed by atoms with Gasteiger partial charge in [-0.2, -0.15) is 13.2 Å². The highest BCUT2D eigenvalue weighted by atomic mass is 35.5. The average Bonchev–Trinajstić information content (AvgIpc) is 2.90. The Bertz CT molecular complexity index is 1360. The summed E-state index contributed by atoms with van der Waals surface area (Å²) in [6.45, 7) is 8.43. The molecule has 3 N–H and O–H groups in total. The van der Waals surface area contributed by atoms with E-state index >= 15 is 0 Å². The Morgan fingerprint density at radius 3 is 2.20 bits per heavy atom. The fourth-order valence-electron chi connectivity index (χ4n) is 4.28. The van der Waals surface area contributed by atoms with E-state index in [2.05, 4.69) is 39.5 Å². The number of piperazine rings is 1. The van der Waals surface area contributed by atoms with Gasteiger partial charge in [0, 0.05) is 67.0 Å². The van der Waals surface area contributed by atoms with Crippen molar-refractivity contribution in [3.8, 4) is 0 Å². The standard InChI is InChI=1S/C25H29Cl2N5O.C2HF3O2/c1-16(22-20(26)5-4-6-21(22)27)23-17(2)24(33)30-25(29-23)31(3)15-18-7-9-19(10-8-18)32-13-11-28-12-14-32;3-2(4,5)1(6)7/h4-10,16,28H,11-15H2,1-3H3,(H,29,30,33);(H,6,7). The first-order valence-electron chi connectivity index (χ1n) is 12.4. The van der Waals surface area contributed by atoms with E-state index < -0.39 is 12.1 Å². The second kappa shape index (κ2) is 13.4. The van der Waals surface area contributed by atoms with Crippen LogP contribution in [0.1, 0.15) is 35.2 Å². The zero-order chi connectivity index (χ0) is 29.6. The van der Waals surface area contributed by atoms with Crippen molar-refractivity contribution in [3.05, 3.63) is 85.2 Å². The lowest BCUT2D eigenvalue weighted by molar-refractivity contribution is -0.192. The number of rotatable bonds is 6. The number of nitrogens with one attached hydrogen (secondary N) is 2. The van der Waals surface area contributed by atoms with Crippen LogP contribution in [-0.2, 0) is 11.3 Å². The normalized spacial score (nSPS) is 14.2. The highest BCUT2D eigenvalue weighted by Gasteiger charge is 2.38. The Hall–Kier alpha value is -3.28. The number of halogens is 5. The van der Waals surface area contributed by atoms with Gasteiger partial charge >= 0.3 is 12.1 Å². The summed E-state index contributed by atoms with van der Waals surface area (Å²) in [5.74, 6) is -2.46. The Morgan fingerprint density at radius 2 is 1.68 bits per heavy atom. The highest BCUT2D eigenvalue weighted by molar-refractivity contribution is 6.36. The largest absolute Gasteiger partial charge is 0.490 e. The van der Waals surface area contributed by atoms with Crippen molar-refractivity contribution in [2.45, 2.75) is 32.5 Å². The zero-order valence-electron chi connectivity index (χ0n) is 22.1. The molecule has 1 aliphatic heterocycles. The number of carboxylic acids is 1. The van der Waals surface area contributed by atoms with E-state index in [0.29, 0.717) is 33.8 Å². The summed E-state index contributed by atoms with van der Waals surface area (Å²) >= 11 is 12.9. The fraction of sp³-hybridized carbons (Fsp3) is 0.370. The highest BCUT2D eigenvalue weighted by Crippen LogP contribution is 2.35. The molecule has 0 spiro atoms. The molecule has 1 unspecified atom stereocenters. The molecule has 8 nitrogen and oxygen atoms in total. The number of nitrogens with zero attached hydrogens (tertiary/aromatic N) is 3. The van der Waals surface area contributed by atoms with Gasteiger partial charge < -0.3 is 20.2 Å². The van der Waals surface area contributed by atoms with Gasteiger partial charge in [0.2, 0.25) is 5.95 Å². The maximum atomic E-state index is 12.7. The van der Waals surface area contributed by atoms with Crippen molar-refractivity contribution >= 4 is 40.8 Å². The number of benzene rings is 2. The van der Waals surface area contributed by atoms with Gasteiger partial charge in [-0.05, 0) is 42.3 Å². The number of aliphatic carboxylic acids is 1. The van der Waals surface area contributed by atoms with Crippen molar-refractivity contribution in [1.29, 1.82) is 0 Å².